The first-order valence-corrected chi connectivity index (χ1v) is 8.04. The van der Waals surface area contributed by atoms with E-state index in [1.54, 1.807) is 0 Å². The lowest BCUT2D eigenvalue weighted by Crippen LogP contribution is -2.44. The fourth-order valence-corrected chi connectivity index (χ4v) is 4.96. The van der Waals surface area contributed by atoms with E-state index in [1.165, 1.54) is 57.1 Å². The molecule has 1 saturated heterocycles. The maximum absolute atomic E-state index is 3.61. The molecule has 1 nitrogen and oxygen atoms in total. The molecule has 0 radical (unpaired) electrons. The van der Waals surface area contributed by atoms with Crippen LogP contribution in [0.1, 0.15) is 58.3 Å². The van der Waals surface area contributed by atoms with Gasteiger partial charge in [-0.25, -0.2) is 0 Å². The van der Waals surface area contributed by atoms with Crippen LogP contribution in [0.15, 0.2) is 0 Å². The number of thioether (sulfide) groups is 1. The van der Waals surface area contributed by atoms with Gasteiger partial charge in [0, 0.05) is 10.8 Å². The molecule has 0 aromatic carbocycles. The SMILES string of the molecule is CNC(CC1CCCCC1)C1(C)CCCS1. The molecule has 2 atom stereocenters. The van der Waals surface area contributed by atoms with Crippen LogP contribution in [-0.2, 0) is 0 Å². The van der Waals surface area contributed by atoms with Crippen molar-refractivity contribution < 1.29 is 0 Å². The number of nitrogens with one attached hydrogen (secondary N) is 1. The molecular weight excluding hydrogens is 214 g/mol. The highest BCUT2D eigenvalue weighted by Gasteiger charge is 2.38. The van der Waals surface area contributed by atoms with E-state index in [2.05, 4.69) is 31.1 Å². The molecule has 1 heterocycles. The summed E-state index contributed by atoms with van der Waals surface area (Å²) in [6.07, 6.45) is 11.7. The van der Waals surface area contributed by atoms with E-state index in [1.807, 2.05) is 0 Å². The molecule has 94 valence electrons. The Morgan fingerprint density at radius 1 is 1.25 bits per heavy atom. The van der Waals surface area contributed by atoms with Crippen molar-refractivity contribution in [1.29, 1.82) is 0 Å². The van der Waals surface area contributed by atoms with Crippen molar-refractivity contribution in [2.24, 2.45) is 5.92 Å². The number of rotatable bonds is 4. The van der Waals surface area contributed by atoms with Crippen LogP contribution in [0.5, 0.6) is 0 Å². The van der Waals surface area contributed by atoms with Gasteiger partial charge in [-0.2, -0.15) is 11.8 Å². The molecule has 2 heteroatoms. The van der Waals surface area contributed by atoms with E-state index >= 15 is 0 Å². The van der Waals surface area contributed by atoms with Crippen LogP contribution < -0.4 is 5.32 Å². The van der Waals surface area contributed by atoms with E-state index in [0.717, 1.165) is 12.0 Å². The van der Waals surface area contributed by atoms with E-state index < -0.39 is 0 Å². The Bertz CT molecular complexity index is 205. The fourth-order valence-electron chi connectivity index (χ4n) is 3.50. The second-order valence-electron chi connectivity index (χ2n) is 5.85. The van der Waals surface area contributed by atoms with Crippen molar-refractivity contribution in [2.75, 3.05) is 12.8 Å². The summed E-state index contributed by atoms with van der Waals surface area (Å²) in [6, 6.07) is 0.739. The Kier molecular flexibility index (Phi) is 4.60. The smallest absolute Gasteiger partial charge is 0.0285 e. The van der Waals surface area contributed by atoms with Crippen LogP contribution in [0.3, 0.4) is 0 Å². The molecule has 1 aliphatic heterocycles. The third-order valence-electron chi connectivity index (χ3n) is 4.63. The number of hydrogen-bond acceptors (Lipinski definition) is 2. The summed E-state index contributed by atoms with van der Waals surface area (Å²) in [5.74, 6) is 2.38. The fraction of sp³-hybridized carbons (Fsp3) is 1.00. The topological polar surface area (TPSA) is 12.0 Å². The van der Waals surface area contributed by atoms with E-state index in [4.69, 9.17) is 0 Å². The van der Waals surface area contributed by atoms with Gasteiger partial charge in [0.2, 0.25) is 0 Å². The zero-order chi connectivity index (χ0) is 11.4. The van der Waals surface area contributed by atoms with Crippen LogP contribution in [0.4, 0.5) is 0 Å². The monoisotopic (exact) mass is 241 g/mol. The lowest BCUT2D eigenvalue weighted by atomic mass is 9.81. The van der Waals surface area contributed by atoms with Crippen LogP contribution in [0.2, 0.25) is 0 Å². The van der Waals surface area contributed by atoms with Crippen LogP contribution in [0, 0.1) is 5.92 Å². The van der Waals surface area contributed by atoms with Gasteiger partial charge in [0.05, 0.1) is 0 Å². The highest BCUT2D eigenvalue weighted by molar-refractivity contribution is 8.00. The summed E-state index contributed by atoms with van der Waals surface area (Å²) in [5.41, 5.74) is 0. The van der Waals surface area contributed by atoms with Crippen molar-refractivity contribution in [3.63, 3.8) is 0 Å². The second-order valence-corrected chi connectivity index (χ2v) is 7.48. The normalized spacial score (nSPS) is 34.1. The summed E-state index contributed by atoms with van der Waals surface area (Å²) in [4.78, 5) is 0. The molecule has 0 bridgehead atoms. The Hall–Kier alpha value is 0.310. The molecule has 2 aliphatic rings. The van der Waals surface area contributed by atoms with Gasteiger partial charge in [-0.1, -0.05) is 32.1 Å². The molecular formula is C14H27NS. The highest BCUT2D eigenvalue weighted by Crippen LogP contribution is 2.43. The molecule has 2 unspecified atom stereocenters. The molecule has 0 spiro atoms. The predicted octanol–water partition coefficient (Wildman–Crippen LogP) is 3.83. The first kappa shape index (κ1) is 12.8. The summed E-state index contributed by atoms with van der Waals surface area (Å²) in [5, 5.41) is 3.61. The molecule has 1 N–H and O–H groups in total. The molecule has 16 heavy (non-hydrogen) atoms. The van der Waals surface area contributed by atoms with Crippen LogP contribution >= 0.6 is 11.8 Å². The Balaban J connectivity index is 1.88. The first-order chi connectivity index (χ1) is 7.74. The van der Waals surface area contributed by atoms with Gasteiger partial charge in [0.25, 0.3) is 0 Å². The first-order valence-electron chi connectivity index (χ1n) is 7.06. The van der Waals surface area contributed by atoms with Crippen molar-refractivity contribution >= 4 is 11.8 Å². The summed E-state index contributed by atoms with van der Waals surface area (Å²) in [6.45, 7) is 2.48. The Morgan fingerprint density at radius 3 is 2.56 bits per heavy atom. The summed E-state index contributed by atoms with van der Waals surface area (Å²) < 4.78 is 0.520. The van der Waals surface area contributed by atoms with Gasteiger partial charge in [-0.3, -0.25) is 0 Å². The predicted molar refractivity (Wildman–Crippen MR) is 74.1 cm³/mol. The van der Waals surface area contributed by atoms with Gasteiger partial charge >= 0.3 is 0 Å². The Labute approximate surface area is 105 Å². The molecule has 1 aliphatic carbocycles. The average molecular weight is 241 g/mol. The quantitative estimate of drug-likeness (QED) is 0.803. The van der Waals surface area contributed by atoms with Crippen molar-refractivity contribution in [1.82, 2.24) is 5.32 Å². The summed E-state index contributed by atoms with van der Waals surface area (Å²) in [7, 11) is 2.16. The average Bonchev–Trinajstić information content (AvgIpc) is 2.75. The van der Waals surface area contributed by atoms with E-state index in [0.29, 0.717) is 4.75 Å². The highest BCUT2D eigenvalue weighted by atomic mass is 32.2. The van der Waals surface area contributed by atoms with E-state index in [-0.39, 0.29) is 0 Å². The van der Waals surface area contributed by atoms with E-state index in [9.17, 15) is 0 Å². The van der Waals surface area contributed by atoms with Crippen LogP contribution in [-0.4, -0.2) is 23.6 Å². The summed E-state index contributed by atoms with van der Waals surface area (Å²) >= 11 is 2.20. The van der Waals surface area contributed by atoms with Crippen molar-refractivity contribution in [2.45, 2.75) is 69.1 Å². The van der Waals surface area contributed by atoms with Gasteiger partial charge < -0.3 is 5.32 Å². The minimum Gasteiger partial charge on any atom is -0.316 e. The molecule has 0 aromatic heterocycles. The standard InChI is InChI=1S/C14H27NS/c1-14(9-6-10-16-14)13(15-2)11-12-7-4-3-5-8-12/h12-13,15H,3-11H2,1-2H3. The third-order valence-corrected chi connectivity index (χ3v) is 6.27. The molecule has 2 fully saturated rings. The van der Waals surface area contributed by atoms with Crippen LogP contribution in [0.25, 0.3) is 0 Å². The van der Waals surface area contributed by atoms with Crippen molar-refractivity contribution in [3.05, 3.63) is 0 Å². The van der Waals surface area contributed by atoms with Gasteiger partial charge in [0.1, 0.15) is 0 Å². The molecule has 1 saturated carbocycles. The Morgan fingerprint density at radius 2 is 2.00 bits per heavy atom. The molecule has 0 aromatic rings. The lowest BCUT2D eigenvalue weighted by Gasteiger charge is -2.36. The maximum Gasteiger partial charge on any atom is 0.0285 e. The van der Waals surface area contributed by atoms with Crippen molar-refractivity contribution in [3.8, 4) is 0 Å². The van der Waals surface area contributed by atoms with Gasteiger partial charge in [-0.05, 0) is 44.9 Å². The van der Waals surface area contributed by atoms with Gasteiger partial charge in [-0.15, -0.1) is 0 Å². The third kappa shape index (κ3) is 2.95. The minimum absolute atomic E-state index is 0.520. The largest absolute Gasteiger partial charge is 0.316 e. The zero-order valence-corrected chi connectivity index (χ0v) is 11.7. The number of hydrogen-bond donors (Lipinski definition) is 1. The zero-order valence-electron chi connectivity index (χ0n) is 10.9. The minimum atomic E-state index is 0.520. The maximum atomic E-state index is 3.61. The van der Waals surface area contributed by atoms with Gasteiger partial charge in [0.15, 0.2) is 0 Å². The molecule has 2 rings (SSSR count). The molecule has 0 amide bonds. The lowest BCUT2D eigenvalue weighted by molar-refractivity contribution is 0.276. The second kappa shape index (κ2) is 5.77.